The molecule has 0 aromatic rings. The van der Waals surface area contributed by atoms with Crippen molar-refractivity contribution in [2.45, 2.75) is 19.9 Å². The lowest BCUT2D eigenvalue weighted by Crippen LogP contribution is -2.53. The monoisotopic (exact) mass is 268 g/mol. The van der Waals surface area contributed by atoms with E-state index < -0.39 is 10.0 Å². The third-order valence-corrected chi connectivity index (χ3v) is 5.66. The summed E-state index contributed by atoms with van der Waals surface area (Å²) in [5, 5.41) is 0. The number of rotatable bonds is 4. The Balaban J connectivity index is 2.68. The SMILES string of the molecule is CC(CCl)CS(=O)(=O)N1CCN(C)CC1C. The number of hydrogen-bond acceptors (Lipinski definition) is 3. The molecule has 96 valence electrons. The van der Waals surface area contributed by atoms with E-state index in [1.807, 2.05) is 20.9 Å². The summed E-state index contributed by atoms with van der Waals surface area (Å²) in [5.41, 5.74) is 0. The van der Waals surface area contributed by atoms with Crippen molar-refractivity contribution < 1.29 is 8.42 Å². The Morgan fingerprint density at radius 3 is 2.56 bits per heavy atom. The molecule has 0 amide bonds. The van der Waals surface area contributed by atoms with Gasteiger partial charge in [-0.05, 0) is 19.9 Å². The maximum atomic E-state index is 12.1. The molecule has 16 heavy (non-hydrogen) atoms. The molecule has 1 fully saturated rings. The van der Waals surface area contributed by atoms with Crippen LogP contribution in [0.25, 0.3) is 0 Å². The number of likely N-dealkylation sites (N-methyl/N-ethyl adjacent to an activating group) is 1. The molecule has 0 N–H and O–H groups in total. The van der Waals surface area contributed by atoms with Gasteiger partial charge in [0.25, 0.3) is 0 Å². The average molecular weight is 269 g/mol. The molecule has 0 aromatic heterocycles. The molecule has 1 aliphatic rings. The summed E-state index contributed by atoms with van der Waals surface area (Å²) in [4.78, 5) is 2.15. The van der Waals surface area contributed by atoms with Crippen LogP contribution in [0.3, 0.4) is 0 Å². The highest BCUT2D eigenvalue weighted by atomic mass is 35.5. The predicted molar refractivity (Wildman–Crippen MR) is 67.3 cm³/mol. The van der Waals surface area contributed by atoms with E-state index in [0.717, 1.165) is 13.1 Å². The van der Waals surface area contributed by atoms with Gasteiger partial charge in [-0.25, -0.2) is 8.42 Å². The molecule has 0 saturated carbocycles. The van der Waals surface area contributed by atoms with Crippen LogP contribution in [0.5, 0.6) is 0 Å². The summed E-state index contributed by atoms with van der Waals surface area (Å²) in [6.45, 7) is 6.02. The molecule has 6 heteroatoms. The van der Waals surface area contributed by atoms with E-state index in [0.29, 0.717) is 12.4 Å². The maximum absolute atomic E-state index is 12.1. The molecule has 0 aliphatic carbocycles. The number of halogens is 1. The Morgan fingerprint density at radius 1 is 1.44 bits per heavy atom. The smallest absolute Gasteiger partial charge is 0.214 e. The summed E-state index contributed by atoms with van der Waals surface area (Å²) in [7, 11) is -1.13. The largest absolute Gasteiger partial charge is 0.303 e. The molecule has 4 nitrogen and oxygen atoms in total. The molecular formula is C10H21ClN2O2S. The number of sulfonamides is 1. The van der Waals surface area contributed by atoms with Crippen molar-refractivity contribution in [3.05, 3.63) is 0 Å². The minimum absolute atomic E-state index is 0.0125. The highest BCUT2D eigenvalue weighted by Crippen LogP contribution is 2.16. The van der Waals surface area contributed by atoms with Gasteiger partial charge in [0.2, 0.25) is 10.0 Å². The van der Waals surface area contributed by atoms with Crippen molar-refractivity contribution in [2.75, 3.05) is 38.3 Å². The zero-order valence-corrected chi connectivity index (χ0v) is 11.8. The van der Waals surface area contributed by atoms with Crippen molar-refractivity contribution in [1.82, 2.24) is 9.21 Å². The van der Waals surface area contributed by atoms with Crippen LogP contribution in [0, 0.1) is 5.92 Å². The van der Waals surface area contributed by atoms with Crippen LogP contribution in [0.15, 0.2) is 0 Å². The molecular weight excluding hydrogens is 248 g/mol. The van der Waals surface area contributed by atoms with Crippen LogP contribution in [-0.4, -0.2) is 62.0 Å². The van der Waals surface area contributed by atoms with E-state index in [1.165, 1.54) is 0 Å². The molecule has 1 aliphatic heterocycles. The number of piperazine rings is 1. The van der Waals surface area contributed by atoms with Gasteiger partial charge in [-0.1, -0.05) is 6.92 Å². The fraction of sp³-hybridized carbons (Fsp3) is 1.00. The average Bonchev–Trinajstić information content (AvgIpc) is 2.16. The van der Waals surface area contributed by atoms with Crippen molar-refractivity contribution >= 4 is 21.6 Å². The molecule has 2 unspecified atom stereocenters. The first-order valence-electron chi connectivity index (χ1n) is 5.61. The van der Waals surface area contributed by atoms with Crippen molar-refractivity contribution in [3.8, 4) is 0 Å². The molecule has 0 radical (unpaired) electrons. The summed E-state index contributed by atoms with van der Waals surface area (Å²) >= 11 is 5.67. The van der Waals surface area contributed by atoms with Crippen LogP contribution >= 0.6 is 11.6 Å². The Bertz CT molecular complexity index is 321. The van der Waals surface area contributed by atoms with Crippen LogP contribution < -0.4 is 0 Å². The second-order valence-corrected chi connectivity index (χ2v) is 7.03. The Labute approximate surface area is 104 Å². The zero-order chi connectivity index (χ0) is 12.3. The van der Waals surface area contributed by atoms with E-state index in [4.69, 9.17) is 11.6 Å². The van der Waals surface area contributed by atoms with Gasteiger partial charge in [-0.15, -0.1) is 11.6 Å². The van der Waals surface area contributed by atoms with E-state index in [2.05, 4.69) is 4.90 Å². The maximum Gasteiger partial charge on any atom is 0.214 e. The molecule has 1 saturated heterocycles. The molecule has 0 aromatic carbocycles. The second kappa shape index (κ2) is 5.67. The number of nitrogens with zero attached hydrogens (tertiary/aromatic N) is 2. The van der Waals surface area contributed by atoms with Gasteiger partial charge in [0.05, 0.1) is 5.75 Å². The summed E-state index contributed by atoms with van der Waals surface area (Å²) < 4.78 is 25.9. The van der Waals surface area contributed by atoms with E-state index >= 15 is 0 Å². The Kier molecular flexibility index (Phi) is 5.04. The van der Waals surface area contributed by atoms with Gasteiger partial charge in [0.1, 0.15) is 0 Å². The molecule has 1 heterocycles. The second-order valence-electron chi connectivity index (χ2n) is 4.76. The normalized spacial score (nSPS) is 26.9. The van der Waals surface area contributed by atoms with E-state index in [-0.39, 0.29) is 17.7 Å². The number of alkyl halides is 1. The summed E-state index contributed by atoms with van der Waals surface area (Å²) in [5.74, 6) is 0.560. The van der Waals surface area contributed by atoms with Gasteiger partial charge in [-0.3, -0.25) is 0 Å². The van der Waals surface area contributed by atoms with Crippen LogP contribution in [0.4, 0.5) is 0 Å². The van der Waals surface area contributed by atoms with Gasteiger partial charge < -0.3 is 4.90 Å². The quantitative estimate of drug-likeness (QED) is 0.709. The van der Waals surface area contributed by atoms with Crippen molar-refractivity contribution in [3.63, 3.8) is 0 Å². The summed E-state index contributed by atoms with van der Waals surface area (Å²) in [6, 6.07) is 0.0614. The van der Waals surface area contributed by atoms with Gasteiger partial charge in [0, 0.05) is 31.6 Å². The topological polar surface area (TPSA) is 40.6 Å². The highest BCUT2D eigenvalue weighted by Gasteiger charge is 2.31. The van der Waals surface area contributed by atoms with Crippen molar-refractivity contribution in [2.24, 2.45) is 5.92 Å². The van der Waals surface area contributed by atoms with E-state index in [9.17, 15) is 8.42 Å². The standard InChI is InChI=1S/C10H21ClN2O2S/c1-9(6-11)8-16(14,15)13-5-4-12(3)7-10(13)2/h9-10H,4-8H2,1-3H3. The first kappa shape index (κ1) is 14.2. The fourth-order valence-corrected chi connectivity index (χ4v) is 4.28. The zero-order valence-electron chi connectivity index (χ0n) is 10.2. The van der Waals surface area contributed by atoms with Gasteiger partial charge in [0.15, 0.2) is 0 Å². The molecule has 1 rings (SSSR count). The fourth-order valence-electron chi connectivity index (χ4n) is 2.04. The first-order valence-corrected chi connectivity index (χ1v) is 7.75. The van der Waals surface area contributed by atoms with Crippen LogP contribution in [-0.2, 0) is 10.0 Å². The minimum atomic E-state index is -3.15. The van der Waals surface area contributed by atoms with Crippen molar-refractivity contribution in [1.29, 1.82) is 0 Å². The lowest BCUT2D eigenvalue weighted by molar-refractivity contribution is 0.170. The molecule has 2 atom stereocenters. The minimum Gasteiger partial charge on any atom is -0.303 e. The lowest BCUT2D eigenvalue weighted by Gasteiger charge is -2.37. The Morgan fingerprint density at radius 2 is 2.06 bits per heavy atom. The number of hydrogen-bond donors (Lipinski definition) is 0. The molecule has 0 bridgehead atoms. The van der Waals surface area contributed by atoms with Gasteiger partial charge in [-0.2, -0.15) is 4.31 Å². The third-order valence-electron chi connectivity index (χ3n) is 2.89. The highest BCUT2D eigenvalue weighted by molar-refractivity contribution is 7.89. The van der Waals surface area contributed by atoms with Crippen LogP contribution in [0.1, 0.15) is 13.8 Å². The molecule has 0 spiro atoms. The summed E-state index contributed by atoms with van der Waals surface area (Å²) in [6.07, 6.45) is 0. The lowest BCUT2D eigenvalue weighted by atomic mass is 10.2. The third kappa shape index (κ3) is 3.58. The van der Waals surface area contributed by atoms with Gasteiger partial charge >= 0.3 is 0 Å². The first-order chi connectivity index (χ1) is 7.36. The van der Waals surface area contributed by atoms with E-state index in [1.54, 1.807) is 4.31 Å². The van der Waals surface area contributed by atoms with Crippen LogP contribution in [0.2, 0.25) is 0 Å². The predicted octanol–water partition coefficient (Wildman–Crippen LogP) is 0.827. The Hall–Kier alpha value is 0.160.